The number of halogens is 1. The predicted octanol–water partition coefficient (Wildman–Crippen LogP) is 4.14. The molecule has 0 saturated carbocycles. The molecule has 92 valence electrons. The summed E-state index contributed by atoms with van der Waals surface area (Å²) in [6.07, 6.45) is 0. The number of ether oxygens (including phenoxy) is 1. The molecule has 4 heteroatoms. The molecule has 0 aliphatic heterocycles. The summed E-state index contributed by atoms with van der Waals surface area (Å²) in [6, 6.07) is 11.7. The minimum atomic E-state index is -0.990. The molecule has 0 bridgehead atoms. The smallest absolute Gasteiger partial charge is 0.335 e. The molecule has 2 aromatic carbocycles. The van der Waals surface area contributed by atoms with E-state index in [0.717, 1.165) is 5.56 Å². The van der Waals surface area contributed by atoms with Crippen LogP contribution in [0.5, 0.6) is 11.5 Å². The Morgan fingerprint density at radius 1 is 1.22 bits per heavy atom. The first-order valence-corrected chi connectivity index (χ1v) is 5.71. The van der Waals surface area contributed by atoms with Crippen molar-refractivity contribution >= 4 is 17.6 Å². The van der Waals surface area contributed by atoms with Gasteiger partial charge in [-0.25, -0.2) is 4.79 Å². The van der Waals surface area contributed by atoms with Crippen LogP contribution in [0, 0.1) is 6.92 Å². The normalized spacial score (nSPS) is 10.1. The summed E-state index contributed by atoms with van der Waals surface area (Å²) in [7, 11) is 0. The van der Waals surface area contributed by atoms with Gasteiger partial charge in [0, 0.05) is 0 Å². The minimum Gasteiger partial charge on any atom is -0.478 e. The number of carboxylic acids is 1. The second-order valence-corrected chi connectivity index (χ2v) is 4.28. The number of hydrogen-bond acceptors (Lipinski definition) is 2. The Hall–Kier alpha value is -2.00. The molecule has 0 saturated heterocycles. The summed E-state index contributed by atoms with van der Waals surface area (Å²) in [5.41, 5.74) is 1.21. The first kappa shape index (κ1) is 12.5. The topological polar surface area (TPSA) is 46.5 Å². The van der Waals surface area contributed by atoms with E-state index in [2.05, 4.69) is 0 Å². The van der Waals surface area contributed by atoms with Crippen LogP contribution >= 0.6 is 11.6 Å². The van der Waals surface area contributed by atoms with E-state index in [1.54, 1.807) is 24.3 Å². The molecule has 0 amide bonds. The van der Waals surface area contributed by atoms with Crippen molar-refractivity contribution in [2.24, 2.45) is 0 Å². The highest BCUT2D eigenvalue weighted by molar-refractivity contribution is 6.32. The average molecular weight is 263 g/mol. The van der Waals surface area contributed by atoms with Crippen molar-refractivity contribution in [3.05, 3.63) is 58.6 Å². The van der Waals surface area contributed by atoms with Gasteiger partial charge in [-0.15, -0.1) is 0 Å². The van der Waals surface area contributed by atoms with Gasteiger partial charge in [0.05, 0.1) is 10.6 Å². The Balaban J connectivity index is 2.28. The molecule has 2 rings (SSSR count). The van der Waals surface area contributed by atoms with Crippen LogP contribution in [-0.4, -0.2) is 11.1 Å². The standard InChI is InChI=1S/C14H11ClO3/c1-9-5-6-13(12(15)7-9)18-11-4-2-3-10(8-11)14(16)17/h2-8H,1H3,(H,16,17). The number of hydrogen-bond donors (Lipinski definition) is 1. The summed E-state index contributed by atoms with van der Waals surface area (Å²) in [6.45, 7) is 1.93. The zero-order chi connectivity index (χ0) is 13.1. The number of carbonyl (C=O) groups is 1. The Bertz CT molecular complexity index is 593. The highest BCUT2D eigenvalue weighted by Gasteiger charge is 2.06. The molecule has 0 aliphatic carbocycles. The van der Waals surface area contributed by atoms with Gasteiger partial charge in [-0.1, -0.05) is 23.7 Å². The first-order chi connectivity index (χ1) is 8.56. The lowest BCUT2D eigenvalue weighted by atomic mass is 10.2. The van der Waals surface area contributed by atoms with Crippen molar-refractivity contribution in [2.45, 2.75) is 6.92 Å². The van der Waals surface area contributed by atoms with Crippen LogP contribution in [0.25, 0.3) is 0 Å². The van der Waals surface area contributed by atoms with Crippen molar-refractivity contribution in [2.75, 3.05) is 0 Å². The van der Waals surface area contributed by atoms with E-state index in [0.29, 0.717) is 16.5 Å². The van der Waals surface area contributed by atoms with E-state index in [4.69, 9.17) is 21.4 Å². The van der Waals surface area contributed by atoms with Crippen molar-refractivity contribution in [3.63, 3.8) is 0 Å². The van der Waals surface area contributed by atoms with Crippen molar-refractivity contribution in [1.29, 1.82) is 0 Å². The van der Waals surface area contributed by atoms with Crippen molar-refractivity contribution in [3.8, 4) is 11.5 Å². The lowest BCUT2D eigenvalue weighted by Crippen LogP contribution is -1.96. The summed E-state index contributed by atoms with van der Waals surface area (Å²) in [5, 5.41) is 9.38. The lowest BCUT2D eigenvalue weighted by Gasteiger charge is -2.08. The van der Waals surface area contributed by atoms with Crippen LogP contribution in [-0.2, 0) is 0 Å². The van der Waals surface area contributed by atoms with E-state index in [-0.39, 0.29) is 5.56 Å². The zero-order valence-corrected chi connectivity index (χ0v) is 10.4. The van der Waals surface area contributed by atoms with Gasteiger partial charge in [-0.2, -0.15) is 0 Å². The fraction of sp³-hybridized carbons (Fsp3) is 0.0714. The van der Waals surface area contributed by atoms with Gasteiger partial charge < -0.3 is 9.84 Å². The average Bonchev–Trinajstić information content (AvgIpc) is 2.33. The molecule has 0 fully saturated rings. The lowest BCUT2D eigenvalue weighted by molar-refractivity contribution is 0.0696. The predicted molar refractivity (Wildman–Crippen MR) is 69.7 cm³/mol. The van der Waals surface area contributed by atoms with Gasteiger partial charge in [0.15, 0.2) is 0 Å². The van der Waals surface area contributed by atoms with Crippen molar-refractivity contribution < 1.29 is 14.6 Å². The minimum absolute atomic E-state index is 0.177. The third-order valence-electron chi connectivity index (χ3n) is 2.40. The van der Waals surface area contributed by atoms with Gasteiger partial charge in [0.25, 0.3) is 0 Å². The Morgan fingerprint density at radius 2 is 2.00 bits per heavy atom. The second kappa shape index (κ2) is 5.10. The SMILES string of the molecule is Cc1ccc(Oc2cccc(C(=O)O)c2)c(Cl)c1. The van der Waals surface area contributed by atoms with E-state index >= 15 is 0 Å². The maximum absolute atomic E-state index is 10.8. The monoisotopic (exact) mass is 262 g/mol. The van der Waals surface area contributed by atoms with Crippen LogP contribution in [0.3, 0.4) is 0 Å². The first-order valence-electron chi connectivity index (χ1n) is 5.33. The number of carboxylic acid groups (broad SMARTS) is 1. The van der Waals surface area contributed by atoms with Crippen LogP contribution in [0.2, 0.25) is 5.02 Å². The van der Waals surface area contributed by atoms with E-state index < -0.39 is 5.97 Å². The summed E-state index contributed by atoms with van der Waals surface area (Å²) in [4.78, 5) is 10.8. The van der Waals surface area contributed by atoms with Gasteiger partial charge in [0.1, 0.15) is 11.5 Å². The largest absolute Gasteiger partial charge is 0.478 e. The molecule has 0 aliphatic rings. The second-order valence-electron chi connectivity index (χ2n) is 3.87. The molecule has 0 aromatic heterocycles. The molecule has 0 unspecified atom stereocenters. The van der Waals surface area contributed by atoms with Gasteiger partial charge >= 0.3 is 5.97 Å². The Kier molecular flexibility index (Phi) is 3.53. The third-order valence-corrected chi connectivity index (χ3v) is 2.69. The molecule has 1 N–H and O–H groups in total. The van der Waals surface area contributed by atoms with E-state index in [9.17, 15) is 4.79 Å². The molecule has 18 heavy (non-hydrogen) atoms. The summed E-state index contributed by atoms with van der Waals surface area (Å²) >= 11 is 6.04. The molecule has 0 spiro atoms. The zero-order valence-electron chi connectivity index (χ0n) is 9.68. The number of benzene rings is 2. The molecular weight excluding hydrogens is 252 g/mol. The number of aromatic carboxylic acids is 1. The van der Waals surface area contributed by atoms with Crippen molar-refractivity contribution in [1.82, 2.24) is 0 Å². The number of rotatable bonds is 3. The Morgan fingerprint density at radius 3 is 2.67 bits per heavy atom. The molecule has 2 aromatic rings. The molecule has 0 heterocycles. The summed E-state index contributed by atoms with van der Waals surface area (Å²) in [5.74, 6) is -0.0408. The van der Waals surface area contributed by atoms with Crippen LogP contribution in [0.4, 0.5) is 0 Å². The molecule has 0 atom stereocenters. The maximum Gasteiger partial charge on any atom is 0.335 e. The van der Waals surface area contributed by atoms with E-state index in [1.165, 1.54) is 12.1 Å². The molecule has 0 radical (unpaired) electrons. The molecular formula is C14H11ClO3. The highest BCUT2D eigenvalue weighted by atomic mass is 35.5. The fourth-order valence-electron chi connectivity index (χ4n) is 1.51. The van der Waals surface area contributed by atoms with E-state index in [1.807, 2.05) is 13.0 Å². The highest BCUT2D eigenvalue weighted by Crippen LogP contribution is 2.30. The fourth-order valence-corrected chi connectivity index (χ4v) is 1.78. The Labute approximate surface area is 110 Å². The van der Waals surface area contributed by atoms with Crippen LogP contribution in [0.1, 0.15) is 15.9 Å². The van der Waals surface area contributed by atoms with Gasteiger partial charge in [0.2, 0.25) is 0 Å². The molecule has 3 nitrogen and oxygen atoms in total. The van der Waals surface area contributed by atoms with Crippen LogP contribution < -0.4 is 4.74 Å². The van der Waals surface area contributed by atoms with Gasteiger partial charge in [-0.05, 0) is 42.8 Å². The van der Waals surface area contributed by atoms with Gasteiger partial charge in [-0.3, -0.25) is 0 Å². The quantitative estimate of drug-likeness (QED) is 0.904. The summed E-state index contributed by atoms with van der Waals surface area (Å²) < 4.78 is 5.56. The third kappa shape index (κ3) is 2.81. The van der Waals surface area contributed by atoms with Crippen LogP contribution in [0.15, 0.2) is 42.5 Å². The maximum atomic E-state index is 10.8. The number of aryl methyl sites for hydroxylation is 1.